The lowest BCUT2D eigenvalue weighted by molar-refractivity contribution is -0.154. The van der Waals surface area contributed by atoms with Crippen LogP contribution in [-0.2, 0) is 25.5 Å². The van der Waals surface area contributed by atoms with Crippen molar-refractivity contribution in [1.82, 2.24) is 9.88 Å². The van der Waals surface area contributed by atoms with Crippen LogP contribution < -0.4 is 4.74 Å². The Balaban J connectivity index is 1.83. The second-order valence-electron chi connectivity index (χ2n) is 9.35. The first-order valence-electron chi connectivity index (χ1n) is 11.0. The van der Waals surface area contributed by atoms with E-state index >= 15 is 0 Å². The van der Waals surface area contributed by atoms with Crippen LogP contribution in [0.5, 0.6) is 5.75 Å². The zero-order valence-corrected chi connectivity index (χ0v) is 20.3. The van der Waals surface area contributed by atoms with Crippen molar-refractivity contribution in [1.29, 1.82) is 0 Å². The third kappa shape index (κ3) is 4.28. The molecule has 4 rings (SSSR count). The van der Waals surface area contributed by atoms with Crippen molar-refractivity contribution in [3.63, 3.8) is 0 Å². The molecule has 1 amide bonds. The predicted octanol–water partition coefficient (Wildman–Crippen LogP) is 4.37. The van der Waals surface area contributed by atoms with Crippen molar-refractivity contribution in [3.05, 3.63) is 65.4 Å². The van der Waals surface area contributed by atoms with Gasteiger partial charge in [0.25, 0.3) is 0 Å². The molecular formula is C26H27ClN2O5. The topological polar surface area (TPSA) is 88.7 Å². The van der Waals surface area contributed by atoms with Gasteiger partial charge in [-0.3, -0.25) is 9.59 Å². The van der Waals surface area contributed by atoms with Crippen LogP contribution in [0.25, 0.3) is 10.9 Å². The highest BCUT2D eigenvalue weighted by Crippen LogP contribution is 2.41. The Morgan fingerprint density at radius 3 is 2.38 bits per heavy atom. The molecule has 0 bridgehead atoms. The molecule has 2 heterocycles. The van der Waals surface area contributed by atoms with Gasteiger partial charge in [-0.2, -0.15) is 0 Å². The lowest BCUT2D eigenvalue weighted by Crippen LogP contribution is -2.52. The summed E-state index contributed by atoms with van der Waals surface area (Å²) < 4.78 is 10.5. The molecule has 0 saturated heterocycles. The number of aromatic amines is 1. The molecule has 8 heteroatoms. The van der Waals surface area contributed by atoms with E-state index in [1.165, 1.54) is 12.0 Å². The van der Waals surface area contributed by atoms with Gasteiger partial charge in [0.2, 0.25) is 5.91 Å². The Morgan fingerprint density at radius 2 is 1.76 bits per heavy atom. The lowest BCUT2D eigenvalue weighted by Gasteiger charge is -2.40. The molecule has 1 aliphatic rings. The minimum Gasteiger partial charge on any atom is -0.467 e. The van der Waals surface area contributed by atoms with Gasteiger partial charge in [0.1, 0.15) is 17.7 Å². The number of rotatable bonds is 4. The van der Waals surface area contributed by atoms with Crippen molar-refractivity contribution >= 4 is 40.3 Å². The average molecular weight is 483 g/mol. The smallest absolute Gasteiger partial charge is 0.328 e. The minimum atomic E-state index is -0.827. The lowest BCUT2D eigenvalue weighted by atomic mass is 9.88. The Bertz CT molecular complexity index is 1240. The summed E-state index contributed by atoms with van der Waals surface area (Å²) >= 11 is 5.97. The molecule has 0 aliphatic carbocycles. The van der Waals surface area contributed by atoms with E-state index in [-0.39, 0.29) is 17.8 Å². The maximum absolute atomic E-state index is 13.0. The van der Waals surface area contributed by atoms with Crippen LogP contribution in [0.2, 0.25) is 0 Å². The number of carbonyl (C=O) groups is 3. The van der Waals surface area contributed by atoms with Crippen molar-refractivity contribution in [2.75, 3.05) is 13.0 Å². The van der Waals surface area contributed by atoms with E-state index in [9.17, 15) is 14.4 Å². The van der Waals surface area contributed by atoms with Gasteiger partial charge in [-0.05, 0) is 50.1 Å². The molecule has 1 aliphatic heterocycles. The Kier molecular flexibility index (Phi) is 6.41. The molecule has 34 heavy (non-hydrogen) atoms. The summed E-state index contributed by atoms with van der Waals surface area (Å²) in [6.45, 7) is 5.35. The summed E-state index contributed by atoms with van der Waals surface area (Å²) in [5, 5.41) is 0.991. The van der Waals surface area contributed by atoms with Gasteiger partial charge in [0, 0.05) is 23.0 Å². The summed E-state index contributed by atoms with van der Waals surface area (Å²) in [6.07, 6.45) is 0.312. The van der Waals surface area contributed by atoms with Gasteiger partial charge in [-0.15, -0.1) is 11.6 Å². The second kappa shape index (κ2) is 9.14. The van der Waals surface area contributed by atoms with E-state index < -0.39 is 23.5 Å². The first kappa shape index (κ1) is 23.8. The van der Waals surface area contributed by atoms with Crippen LogP contribution in [0, 0.1) is 5.41 Å². The number of amides is 1. The van der Waals surface area contributed by atoms with Gasteiger partial charge in [0.15, 0.2) is 0 Å². The standard InChI is InChI=1S/C26H27ClN2O5/c1-26(2,3)25(32)34-16-11-9-15(10-12-16)23-22-18(17-7-5-6-8-19(17)28-22)13-20(24(31)33-4)29(23)21(30)14-27/h5-12,20,23,28H,13-14H2,1-4H3/t20-,23-/m1/s1. The van der Waals surface area contributed by atoms with Crippen LogP contribution in [0.3, 0.4) is 0 Å². The number of hydrogen-bond acceptors (Lipinski definition) is 5. The fraction of sp³-hybridized carbons (Fsp3) is 0.346. The molecule has 0 unspecified atom stereocenters. The molecule has 7 nitrogen and oxygen atoms in total. The fourth-order valence-corrected chi connectivity index (χ4v) is 4.45. The molecule has 1 N–H and O–H groups in total. The van der Waals surface area contributed by atoms with E-state index in [1.54, 1.807) is 45.0 Å². The van der Waals surface area contributed by atoms with Crippen molar-refractivity contribution in [2.45, 2.75) is 39.3 Å². The molecule has 2 atom stereocenters. The highest BCUT2D eigenvalue weighted by atomic mass is 35.5. The highest BCUT2D eigenvalue weighted by molar-refractivity contribution is 6.27. The molecule has 2 aromatic carbocycles. The first-order chi connectivity index (χ1) is 16.2. The summed E-state index contributed by atoms with van der Waals surface area (Å²) in [5.41, 5.74) is 2.79. The number of H-pyrrole nitrogens is 1. The highest BCUT2D eigenvalue weighted by Gasteiger charge is 2.43. The summed E-state index contributed by atoms with van der Waals surface area (Å²) in [7, 11) is 1.31. The molecule has 0 radical (unpaired) electrons. The number of aromatic nitrogens is 1. The number of para-hydroxylation sites is 1. The SMILES string of the molecule is COC(=O)[C@H]1Cc2c([nH]c3ccccc23)[C@@H](c2ccc(OC(=O)C(C)(C)C)cc2)N1C(=O)CCl. The molecule has 0 spiro atoms. The molecular weight excluding hydrogens is 456 g/mol. The average Bonchev–Trinajstić information content (AvgIpc) is 3.20. The maximum Gasteiger partial charge on any atom is 0.328 e. The van der Waals surface area contributed by atoms with Gasteiger partial charge in [0.05, 0.1) is 18.6 Å². The van der Waals surface area contributed by atoms with E-state index in [4.69, 9.17) is 21.1 Å². The van der Waals surface area contributed by atoms with E-state index in [1.807, 2.05) is 24.3 Å². The van der Waals surface area contributed by atoms with Crippen LogP contribution in [-0.4, -0.2) is 46.8 Å². The fourth-order valence-electron chi connectivity index (χ4n) is 4.31. The number of alkyl halides is 1. The maximum atomic E-state index is 13.0. The Morgan fingerprint density at radius 1 is 1.09 bits per heavy atom. The number of nitrogens with zero attached hydrogens (tertiary/aromatic N) is 1. The zero-order valence-electron chi connectivity index (χ0n) is 19.6. The van der Waals surface area contributed by atoms with Crippen LogP contribution in [0.15, 0.2) is 48.5 Å². The number of fused-ring (bicyclic) bond motifs is 3. The summed E-state index contributed by atoms with van der Waals surface area (Å²) in [4.78, 5) is 43.0. The Labute approximate surface area is 203 Å². The zero-order chi connectivity index (χ0) is 24.6. The summed E-state index contributed by atoms with van der Waals surface area (Å²) in [5.74, 6) is -1.11. The monoisotopic (exact) mass is 482 g/mol. The number of benzene rings is 2. The van der Waals surface area contributed by atoms with Crippen molar-refractivity contribution in [3.8, 4) is 5.75 Å². The van der Waals surface area contributed by atoms with E-state index in [0.717, 1.165) is 27.7 Å². The minimum absolute atomic E-state index is 0.277. The summed E-state index contributed by atoms with van der Waals surface area (Å²) in [6, 6.07) is 13.3. The van der Waals surface area contributed by atoms with Crippen LogP contribution in [0.1, 0.15) is 43.6 Å². The third-order valence-electron chi connectivity index (χ3n) is 6.03. The number of esters is 2. The number of methoxy groups -OCH3 is 1. The molecule has 0 fully saturated rings. The number of ether oxygens (including phenoxy) is 2. The Hall–Kier alpha value is -3.32. The molecule has 0 saturated carbocycles. The van der Waals surface area contributed by atoms with Gasteiger partial charge in [-0.25, -0.2) is 4.79 Å². The number of hydrogen-bond donors (Lipinski definition) is 1. The van der Waals surface area contributed by atoms with Gasteiger partial charge < -0.3 is 19.4 Å². The predicted molar refractivity (Wildman–Crippen MR) is 129 cm³/mol. The number of carbonyl (C=O) groups excluding carboxylic acids is 3. The van der Waals surface area contributed by atoms with Crippen molar-refractivity contribution < 1.29 is 23.9 Å². The van der Waals surface area contributed by atoms with Crippen molar-refractivity contribution in [2.24, 2.45) is 5.41 Å². The number of nitrogens with one attached hydrogen (secondary N) is 1. The first-order valence-corrected chi connectivity index (χ1v) is 11.6. The van der Waals surface area contributed by atoms with E-state index in [0.29, 0.717) is 12.2 Å². The molecule has 178 valence electrons. The third-order valence-corrected chi connectivity index (χ3v) is 6.25. The van der Waals surface area contributed by atoms with Gasteiger partial charge >= 0.3 is 11.9 Å². The van der Waals surface area contributed by atoms with Crippen LogP contribution >= 0.6 is 11.6 Å². The normalized spacial score (nSPS) is 17.9. The second-order valence-corrected chi connectivity index (χ2v) is 9.62. The van der Waals surface area contributed by atoms with Crippen LogP contribution in [0.4, 0.5) is 0 Å². The van der Waals surface area contributed by atoms with E-state index in [2.05, 4.69) is 4.98 Å². The number of halogens is 1. The van der Waals surface area contributed by atoms with Gasteiger partial charge in [-0.1, -0.05) is 30.3 Å². The molecule has 3 aromatic rings. The quantitative estimate of drug-likeness (QED) is 0.339. The largest absolute Gasteiger partial charge is 0.467 e. The molecule has 1 aromatic heterocycles.